The first-order valence-electron chi connectivity index (χ1n) is 7.48. The molecule has 0 atom stereocenters. The Morgan fingerprint density at radius 3 is 2.42 bits per heavy atom. The third-order valence-electron chi connectivity index (χ3n) is 3.36. The Morgan fingerprint density at radius 1 is 1.21 bits per heavy atom. The number of hydrogen-bond acceptors (Lipinski definition) is 7. The maximum absolute atomic E-state index is 11.0. The van der Waals surface area contributed by atoms with E-state index in [9.17, 15) is 9.59 Å². The number of nitrogens with zero attached hydrogens (tertiary/aromatic N) is 4. The van der Waals surface area contributed by atoms with Gasteiger partial charge in [0.1, 0.15) is 11.3 Å². The number of carbonyl (C=O) groups excluding carboxylic acids is 2. The molecular formula is C15H19ClN4O4. The Balaban J connectivity index is 2.07. The minimum absolute atomic E-state index is 0.117. The first-order chi connectivity index (χ1) is 11.4. The number of hydrogen-bond donors (Lipinski definition) is 0. The van der Waals surface area contributed by atoms with Gasteiger partial charge in [-0.25, -0.2) is 15.0 Å². The van der Waals surface area contributed by atoms with Gasteiger partial charge in [-0.15, -0.1) is 0 Å². The molecule has 9 heteroatoms. The quantitative estimate of drug-likeness (QED) is 0.553. The van der Waals surface area contributed by atoms with Crippen LogP contribution in [-0.4, -0.2) is 44.7 Å². The molecule has 0 saturated heterocycles. The number of esters is 2. The molecule has 0 unspecified atom stereocenters. The fourth-order valence-electron chi connectivity index (χ4n) is 2.18. The van der Waals surface area contributed by atoms with Crippen LogP contribution in [0.2, 0.25) is 5.15 Å². The predicted octanol–water partition coefficient (Wildman–Crippen LogP) is 1.92. The van der Waals surface area contributed by atoms with Gasteiger partial charge in [-0.3, -0.25) is 9.59 Å². The second kappa shape index (κ2) is 8.05. The molecule has 0 bridgehead atoms. The van der Waals surface area contributed by atoms with Crippen molar-refractivity contribution >= 4 is 34.7 Å². The van der Waals surface area contributed by atoms with Crippen LogP contribution in [0.3, 0.4) is 0 Å². The van der Waals surface area contributed by atoms with E-state index >= 15 is 0 Å². The summed E-state index contributed by atoms with van der Waals surface area (Å²) in [6.07, 6.45) is 2.26. The lowest BCUT2D eigenvalue weighted by Crippen LogP contribution is -2.21. The molecule has 0 N–H and O–H groups in total. The van der Waals surface area contributed by atoms with Gasteiger partial charge in [-0.2, -0.15) is 0 Å². The number of fused-ring (bicyclic) bond motifs is 1. The molecule has 0 saturated carbocycles. The van der Waals surface area contributed by atoms with Gasteiger partial charge >= 0.3 is 11.9 Å². The van der Waals surface area contributed by atoms with Crippen LogP contribution in [0.4, 0.5) is 0 Å². The van der Waals surface area contributed by atoms with Gasteiger partial charge in [-0.1, -0.05) is 11.6 Å². The smallest absolute Gasteiger partial charge is 0.302 e. The van der Waals surface area contributed by atoms with Gasteiger partial charge in [0.15, 0.2) is 10.8 Å². The zero-order chi connectivity index (χ0) is 17.7. The molecule has 0 fully saturated rings. The molecule has 0 aromatic carbocycles. The lowest BCUT2D eigenvalue weighted by molar-refractivity contribution is -0.146. The lowest BCUT2D eigenvalue weighted by Gasteiger charge is -2.16. The molecule has 24 heavy (non-hydrogen) atoms. The highest BCUT2D eigenvalue weighted by atomic mass is 35.5. The molecular weight excluding hydrogens is 336 g/mol. The van der Waals surface area contributed by atoms with Crippen LogP contribution < -0.4 is 0 Å². The van der Waals surface area contributed by atoms with E-state index < -0.39 is 0 Å². The molecule has 2 heterocycles. The lowest BCUT2D eigenvalue weighted by atomic mass is 10.1. The standard InChI is InChI=1S/C15H19ClN4O4/c1-9-18-14(16)13-15(19-9)20(8-17-13)5-4-12(6-23-10(2)21)7-24-11(3)22/h8,12H,4-7H2,1-3H3. The average molecular weight is 355 g/mol. The molecule has 0 radical (unpaired) electrons. The Kier molecular flexibility index (Phi) is 6.08. The van der Waals surface area contributed by atoms with Gasteiger partial charge in [0.05, 0.1) is 19.5 Å². The maximum Gasteiger partial charge on any atom is 0.302 e. The molecule has 2 rings (SSSR count). The third-order valence-corrected chi connectivity index (χ3v) is 3.62. The number of carbonyl (C=O) groups is 2. The van der Waals surface area contributed by atoms with Crippen molar-refractivity contribution in [1.82, 2.24) is 19.5 Å². The van der Waals surface area contributed by atoms with E-state index in [-0.39, 0.29) is 31.1 Å². The number of aryl methyl sites for hydroxylation is 2. The van der Waals surface area contributed by atoms with Gasteiger partial charge in [0, 0.05) is 26.3 Å². The number of imidazole rings is 1. The van der Waals surface area contributed by atoms with Crippen molar-refractivity contribution in [2.24, 2.45) is 5.92 Å². The second-order valence-corrected chi connectivity index (χ2v) is 5.79. The maximum atomic E-state index is 11.0. The number of halogens is 1. The zero-order valence-corrected chi connectivity index (χ0v) is 14.5. The summed E-state index contributed by atoms with van der Waals surface area (Å²) in [5.41, 5.74) is 1.19. The van der Waals surface area contributed by atoms with Gasteiger partial charge in [-0.05, 0) is 13.3 Å². The monoisotopic (exact) mass is 354 g/mol. The van der Waals surface area contributed by atoms with Crippen LogP contribution in [0.5, 0.6) is 0 Å². The normalized spacial score (nSPS) is 11.0. The van der Waals surface area contributed by atoms with E-state index in [0.717, 1.165) is 0 Å². The van der Waals surface area contributed by atoms with Gasteiger partial charge < -0.3 is 14.0 Å². The summed E-state index contributed by atoms with van der Waals surface area (Å²) >= 11 is 6.07. The van der Waals surface area contributed by atoms with Gasteiger partial charge in [0.25, 0.3) is 0 Å². The van der Waals surface area contributed by atoms with Crippen LogP contribution in [-0.2, 0) is 25.6 Å². The van der Waals surface area contributed by atoms with Crippen LogP contribution in [0.25, 0.3) is 11.2 Å². The van der Waals surface area contributed by atoms with Crippen molar-refractivity contribution in [2.45, 2.75) is 33.7 Å². The number of rotatable bonds is 7. The minimum atomic E-state index is -0.369. The van der Waals surface area contributed by atoms with Crippen LogP contribution in [0.1, 0.15) is 26.1 Å². The third kappa shape index (κ3) is 4.89. The summed E-state index contributed by atoms with van der Waals surface area (Å²) < 4.78 is 11.9. The fourth-order valence-corrected chi connectivity index (χ4v) is 2.44. The highest BCUT2D eigenvalue weighted by Gasteiger charge is 2.15. The van der Waals surface area contributed by atoms with Crippen molar-refractivity contribution in [3.63, 3.8) is 0 Å². The van der Waals surface area contributed by atoms with E-state index in [2.05, 4.69) is 15.0 Å². The molecule has 0 aliphatic carbocycles. The van der Waals surface area contributed by atoms with Crippen molar-refractivity contribution in [3.05, 3.63) is 17.3 Å². The topological polar surface area (TPSA) is 96.2 Å². The number of aromatic nitrogens is 4. The molecule has 130 valence electrons. The molecule has 0 amide bonds. The summed E-state index contributed by atoms with van der Waals surface area (Å²) in [6, 6.07) is 0. The first-order valence-corrected chi connectivity index (χ1v) is 7.86. The first kappa shape index (κ1) is 18.1. The van der Waals surface area contributed by atoms with Crippen LogP contribution >= 0.6 is 11.6 Å². The van der Waals surface area contributed by atoms with Gasteiger partial charge in [0.2, 0.25) is 0 Å². The molecule has 0 aliphatic heterocycles. The van der Waals surface area contributed by atoms with Crippen molar-refractivity contribution < 1.29 is 19.1 Å². The zero-order valence-electron chi connectivity index (χ0n) is 13.8. The Hall–Kier alpha value is -2.22. The molecule has 2 aromatic heterocycles. The summed E-state index contributed by atoms with van der Waals surface area (Å²) in [5, 5.41) is 0.313. The largest absolute Gasteiger partial charge is 0.465 e. The highest BCUT2D eigenvalue weighted by molar-refractivity contribution is 6.33. The summed E-state index contributed by atoms with van der Waals surface area (Å²) in [4.78, 5) is 34.6. The number of ether oxygens (including phenoxy) is 2. The van der Waals surface area contributed by atoms with Crippen LogP contribution in [0, 0.1) is 12.8 Å². The summed E-state index contributed by atoms with van der Waals surface area (Å²) in [7, 11) is 0. The van der Waals surface area contributed by atoms with Crippen molar-refractivity contribution in [3.8, 4) is 0 Å². The van der Waals surface area contributed by atoms with E-state index in [1.165, 1.54) is 13.8 Å². The van der Waals surface area contributed by atoms with E-state index in [0.29, 0.717) is 35.1 Å². The van der Waals surface area contributed by atoms with E-state index in [1.807, 2.05) is 4.57 Å². The fraction of sp³-hybridized carbons (Fsp3) is 0.533. The minimum Gasteiger partial charge on any atom is -0.465 e. The molecule has 8 nitrogen and oxygen atoms in total. The predicted molar refractivity (Wildman–Crippen MR) is 86.4 cm³/mol. The SMILES string of the molecule is CC(=O)OCC(CCn1cnc2c(Cl)nc(C)nc21)COC(C)=O. The second-order valence-electron chi connectivity index (χ2n) is 5.43. The summed E-state index contributed by atoms with van der Waals surface area (Å²) in [6.45, 7) is 5.37. The molecule has 0 spiro atoms. The van der Waals surface area contributed by atoms with E-state index in [1.54, 1.807) is 13.3 Å². The Morgan fingerprint density at radius 2 is 1.83 bits per heavy atom. The Labute approximate surface area is 144 Å². The van der Waals surface area contributed by atoms with Crippen molar-refractivity contribution in [2.75, 3.05) is 13.2 Å². The highest BCUT2D eigenvalue weighted by Crippen LogP contribution is 2.19. The van der Waals surface area contributed by atoms with E-state index in [4.69, 9.17) is 21.1 Å². The Bertz CT molecular complexity index is 728. The average Bonchev–Trinajstić information content (AvgIpc) is 2.89. The molecule has 0 aliphatic rings. The summed E-state index contributed by atoms with van der Waals surface area (Å²) in [5.74, 6) is -0.295. The van der Waals surface area contributed by atoms with Crippen LogP contribution in [0.15, 0.2) is 6.33 Å². The van der Waals surface area contributed by atoms with Crippen molar-refractivity contribution in [1.29, 1.82) is 0 Å². The molecule has 2 aromatic rings.